The standard InChI is InChI=1S/C23H24N4O3/c1-17-7-6-8-18(2)23(17)30-16-22(29)26-25-21(28)12-11-20-13-24-27(15-20)14-19-9-4-3-5-10-19/h3-13,15H,14,16H2,1-2H3,(H,25,28)(H,26,29)/b12-11+. The molecule has 0 unspecified atom stereocenters. The molecule has 0 bridgehead atoms. The topological polar surface area (TPSA) is 85.2 Å². The molecule has 3 aromatic rings. The number of nitrogens with zero attached hydrogens (tertiary/aromatic N) is 2. The maximum atomic E-state index is 11.9. The fourth-order valence-corrected chi connectivity index (χ4v) is 2.87. The van der Waals surface area contributed by atoms with Crippen LogP contribution in [-0.2, 0) is 16.1 Å². The highest BCUT2D eigenvalue weighted by Crippen LogP contribution is 2.21. The second kappa shape index (κ2) is 10.1. The first-order chi connectivity index (χ1) is 14.5. The predicted octanol–water partition coefficient (Wildman–Crippen LogP) is 2.79. The Morgan fingerprint density at radius 2 is 1.77 bits per heavy atom. The van der Waals surface area contributed by atoms with E-state index in [4.69, 9.17) is 4.74 Å². The van der Waals surface area contributed by atoms with Crippen LogP contribution in [0.4, 0.5) is 0 Å². The first kappa shape index (κ1) is 20.9. The number of nitrogens with one attached hydrogen (secondary N) is 2. The highest BCUT2D eigenvalue weighted by Gasteiger charge is 2.07. The molecule has 7 nitrogen and oxygen atoms in total. The van der Waals surface area contributed by atoms with Gasteiger partial charge >= 0.3 is 0 Å². The number of para-hydroxylation sites is 1. The van der Waals surface area contributed by atoms with Gasteiger partial charge in [0.25, 0.3) is 11.8 Å². The van der Waals surface area contributed by atoms with Crippen LogP contribution in [0.5, 0.6) is 5.75 Å². The molecule has 154 valence electrons. The van der Waals surface area contributed by atoms with E-state index in [1.165, 1.54) is 6.08 Å². The van der Waals surface area contributed by atoms with Crippen LogP contribution in [0.3, 0.4) is 0 Å². The van der Waals surface area contributed by atoms with Gasteiger partial charge in [-0.2, -0.15) is 5.10 Å². The molecule has 1 aromatic heterocycles. The van der Waals surface area contributed by atoms with E-state index in [2.05, 4.69) is 16.0 Å². The minimum Gasteiger partial charge on any atom is -0.483 e. The van der Waals surface area contributed by atoms with Crippen LogP contribution in [0.2, 0.25) is 0 Å². The lowest BCUT2D eigenvalue weighted by atomic mass is 10.1. The van der Waals surface area contributed by atoms with E-state index in [1.807, 2.05) is 68.6 Å². The summed E-state index contributed by atoms with van der Waals surface area (Å²) in [6, 6.07) is 15.7. The van der Waals surface area contributed by atoms with E-state index >= 15 is 0 Å². The molecule has 3 rings (SSSR count). The molecule has 2 aromatic carbocycles. The highest BCUT2D eigenvalue weighted by molar-refractivity contribution is 5.93. The van der Waals surface area contributed by atoms with Crippen LogP contribution in [0, 0.1) is 13.8 Å². The van der Waals surface area contributed by atoms with Gasteiger partial charge in [0.2, 0.25) is 0 Å². The van der Waals surface area contributed by atoms with Gasteiger partial charge in [0.05, 0.1) is 12.7 Å². The largest absolute Gasteiger partial charge is 0.483 e. The van der Waals surface area contributed by atoms with E-state index in [1.54, 1.807) is 17.0 Å². The summed E-state index contributed by atoms with van der Waals surface area (Å²) in [5.74, 6) is -0.229. The normalized spacial score (nSPS) is 10.7. The Balaban J connectivity index is 1.43. The van der Waals surface area contributed by atoms with Crippen LogP contribution < -0.4 is 15.6 Å². The zero-order valence-electron chi connectivity index (χ0n) is 17.0. The van der Waals surface area contributed by atoms with Crippen molar-refractivity contribution in [1.29, 1.82) is 0 Å². The maximum Gasteiger partial charge on any atom is 0.276 e. The molecule has 0 aliphatic rings. The van der Waals surface area contributed by atoms with Gasteiger partial charge in [-0.1, -0.05) is 48.5 Å². The van der Waals surface area contributed by atoms with Crippen molar-refractivity contribution in [2.75, 3.05) is 6.61 Å². The average Bonchev–Trinajstić information content (AvgIpc) is 3.18. The summed E-state index contributed by atoms with van der Waals surface area (Å²) in [7, 11) is 0. The number of carbonyl (C=O) groups excluding carboxylic acids is 2. The number of hydrogen-bond donors (Lipinski definition) is 2. The Bertz CT molecular complexity index is 1020. The van der Waals surface area contributed by atoms with Crippen molar-refractivity contribution in [2.24, 2.45) is 0 Å². The molecular formula is C23H24N4O3. The Labute approximate surface area is 175 Å². The molecule has 0 atom stereocenters. The third kappa shape index (κ3) is 6.07. The number of ether oxygens (including phenoxy) is 1. The van der Waals surface area contributed by atoms with E-state index < -0.39 is 11.8 Å². The molecule has 0 saturated carbocycles. The van der Waals surface area contributed by atoms with Crippen molar-refractivity contribution < 1.29 is 14.3 Å². The summed E-state index contributed by atoms with van der Waals surface area (Å²) in [5.41, 5.74) is 8.48. The Morgan fingerprint density at radius 1 is 1.03 bits per heavy atom. The van der Waals surface area contributed by atoms with Gasteiger partial charge in [0.1, 0.15) is 5.75 Å². The second-order valence-corrected chi connectivity index (χ2v) is 6.84. The van der Waals surface area contributed by atoms with Gasteiger partial charge in [-0.15, -0.1) is 0 Å². The lowest BCUT2D eigenvalue weighted by Crippen LogP contribution is -2.43. The molecule has 0 aliphatic heterocycles. The van der Waals surface area contributed by atoms with Crippen LogP contribution in [0.25, 0.3) is 6.08 Å². The zero-order valence-corrected chi connectivity index (χ0v) is 17.0. The van der Waals surface area contributed by atoms with Crippen LogP contribution in [-0.4, -0.2) is 28.2 Å². The number of aromatic nitrogens is 2. The first-order valence-corrected chi connectivity index (χ1v) is 9.53. The van der Waals surface area contributed by atoms with E-state index in [0.717, 1.165) is 22.3 Å². The van der Waals surface area contributed by atoms with Crippen molar-refractivity contribution in [3.8, 4) is 5.75 Å². The monoisotopic (exact) mass is 404 g/mol. The molecule has 2 N–H and O–H groups in total. The molecule has 0 aliphatic carbocycles. The molecule has 30 heavy (non-hydrogen) atoms. The lowest BCUT2D eigenvalue weighted by Gasteiger charge is -2.11. The number of benzene rings is 2. The molecule has 2 amide bonds. The van der Waals surface area contributed by atoms with E-state index in [9.17, 15) is 9.59 Å². The summed E-state index contributed by atoms with van der Waals surface area (Å²) in [6.07, 6.45) is 6.47. The lowest BCUT2D eigenvalue weighted by molar-refractivity contribution is -0.128. The minimum atomic E-state index is -0.453. The molecule has 7 heteroatoms. The summed E-state index contributed by atoms with van der Waals surface area (Å²) >= 11 is 0. The summed E-state index contributed by atoms with van der Waals surface area (Å²) in [6.45, 7) is 4.28. The highest BCUT2D eigenvalue weighted by atomic mass is 16.5. The quantitative estimate of drug-likeness (QED) is 0.468. The molecule has 0 saturated heterocycles. The van der Waals surface area contributed by atoms with Crippen LogP contribution in [0.1, 0.15) is 22.3 Å². The Hall–Kier alpha value is -3.87. The van der Waals surface area contributed by atoms with Crippen molar-refractivity contribution in [3.05, 3.63) is 89.3 Å². The van der Waals surface area contributed by atoms with Crippen molar-refractivity contribution in [2.45, 2.75) is 20.4 Å². The smallest absolute Gasteiger partial charge is 0.276 e. The van der Waals surface area contributed by atoms with Gasteiger partial charge in [-0.05, 0) is 36.6 Å². The van der Waals surface area contributed by atoms with Crippen molar-refractivity contribution in [1.82, 2.24) is 20.6 Å². The number of carbonyl (C=O) groups is 2. The number of hydrogen-bond acceptors (Lipinski definition) is 4. The van der Waals surface area contributed by atoms with E-state index in [0.29, 0.717) is 12.3 Å². The zero-order chi connectivity index (χ0) is 21.3. The molecule has 0 radical (unpaired) electrons. The number of aryl methyl sites for hydroxylation is 2. The second-order valence-electron chi connectivity index (χ2n) is 6.84. The van der Waals surface area contributed by atoms with Crippen LogP contribution >= 0.6 is 0 Å². The Morgan fingerprint density at radius 3 is 2.50 bits per heavy atom. The van der Waals surface area contributed by atoms with Gasteiger partial charge < -0.3 is 4.74 Å². The number of hydrazine groups is 1. The third-order valence-electron chi connectivity index (χ3n) is 4.35. The maximum absolute atomic E-state index is 11.9. The van der Waals surface area contributed by atoms with Gasteiger partial charge in [-0.25, -0.2) is 0 Å². The fraction of sp³-hybridized carbons (Fsp3) is 0.174. The fourth-order valence-electron chi connectivity index (χ4n) is 2.87. The predicted molar refractivity (Wildman–Crippen MR) is 115 cm³/mol. The van der Waals surface area contributed by atoms with Crippen molar-refractivity contribution >= 4 is 17.9 Å². The molecule has 0 spiro atoms. The Kier molecular flexibility index (Phi) is 7.00. The van der Waals surface area contributed by atoms with Crippen LogP contribution in [0.15, 0.2) is 67.0 Å². The summed E-state index contributed by atoms with van der Waals surface area (Å²) < 4.78 is 7.34. The first-order valence-electron chi connectivity index (χ1n) is 9.53. The molecular weight excluding hydrogens is 380 g/mol. The minimum absolute atomic E-state index is 0.193. The van der Waals surface area contributed by atoms with E-state index in [-0.39, 0.29) is 6.61 Å². The average molecular weight is 404 g/mol. The molecule has 0 fully saturated rings. The number of amides is 2. The SMILES string of the molecule is Cc1cccc(C)c1OCC(=O)NNC(=O)/C=C/c1cnn(Cc2ccccc2)c1. The summed E-state index contributed by atoms with van der Waals surface area (Å²) in [4.78, 5) is 23.8. The van der Waals surface area contributed by atoms with Gasteiger partial charge in [-0.3, -0.25) is 25.1 Å². The number of rotatable bonds is 7. The third-order valence-corrected chi connectivity index (χ3v) is 4.35. The van der Waals surface area contributed by atoms with Crippen molar-refractivity contribution in [3.63, 3.8) is 0 Å². The molecule has 1 heterocycles. The van der Waals surface area contributed by atoms with Gasteiger partial charge in [0, 0.05) is 17.8 Å². The summed E-state index contributed by atoms with van der Waals surface area (Å²) in [5, 5.41) is 4.28. The van der Waals surface area contributed by atoms with Gasteiger partial charge in [0.15, 0.2) is 6.61 Å².